The van der Waals surface area contributed by atoms with Crippen molar-refractivity contribution < 1.29 is 19.1 Å². The van der Waals surface area contributed by atoms with E-state index in [4.69, 9.17) is 14.3 Å². The van der Waals surface area contributed by atoms with E-state index < -0.39 is 5.97 Å². The first-order valence-electron chi connectivity index (χ1n) is 6.50. The minimum absolute atomic E-state index is 0.0891. The maximum atomic E-state index is 10.8. The standard InChI is InChI=1S/C15H13NO4S/c1-2-13-16-14-10(4-3-5-12(14)21-13)19-8-9-6-7-11(20-9)15(17)18/h3-7H,2,8H2,1H3,(H,17,18). The number of thiazole rings is 1. The van der Waals surface area contributed by atoms with Crippen molar-refractivity contribution in [3.63, 3.8) is 0 Å². The summed E-state index contributed by atoms with van der Waals surface area (Å²) in [5, 5.41) is 9.87. The van der Waals surface area contributed by atoms with Gasteiger partial charge in [0.15, 0.2) is 0 Å². The van der Waals surface area contributed by atoms with E-state index >= 15 is 0 Å². The Labute approximate surface area is 124 Å². The van der Waals surface area contributed by atoms with Crippen molar-refractivity contribution in [2.45, 2.75) is 20.0 Å². The zero-order valence-corrected chi connectivity index (χ0v) is 12.1. The summed E-state index contributed by atoms with van der Waals surface area (Å²) >= 11 is 1.65. The molecule has 0 spiro atoms. The molecule has 0 bridgehead atoms. The quantitative estimate of drug-likeness (QED) is 0.777. The Kier molecular flexibility index (Phi) is 3.62. The van der Waals surface area contributed by atoms with Crippen LogP contribution in [0.2, 0.25) is 0 Å². The lowest BCUT2D eigenvalue weighted by Crippen LogP contribution is -1.95. The molecule has 2 heterocycles. The number of benzene rings is 1. The topological polar surface area (TPSA) is 72.6 Å². The molecule has 6 heteroatoms. The van der Waals surface area contributed by atoms with Crippen molar-refractivity contribution in [3.05, 3.63) is 46.9 Å². The number of para-hydroxylation sites is 1. The first-order chi connectivity index (χ1) is 10.2. The van der Waals surface area contributed by atoms with Gasteiger partial charge in [-0.3, -0.25) is 0 Å². The van der Waals surface area contributed by atoms with Gasteiger partial charge in [0.05, 0.1) is 9.71 Å². The molecule has 21 heavy (non-hydrogen) atoms. The Morgan fingerprint density at radius 3 is 2.95 bits per heavy atom. The van der Waals surface area contributed by atoms with Gasteiger partial charge < -0.3 is 14.3 Å². The minimum atomic E-state index is -1.09. The Balaban J connectivity index is 1.81. The number of rotatable bonds is 5. The van der Waals surface area contributed by atoms with Gasteiger partial charge in [0.25, 0.3) is 0 Å². The smallest absolute Gasteiger partial charge is 0.371 e. The molecule has 0 atom stereocenters. The molecule has 0 unspecified atom stereocenters. The average molecular weight is 303 g/mol. The second-order valence-electron chi connectivity index (χ2n) is 4.42. The highest BCUT2D eigenvalue weighted by atomic mass is 32.1. The zero-order chi connectivity index (χ0) is 14.8. The summed E-state index contributed by atoms with van der Waals surface area (Å²) in [5.41, 5.74) is 0.837. The van der Waals surface area contributed by atoms with Crippen LogP contribution in [-0.2, 0) is 13.0 Å². The lowest BCUT2D eigenvalue weighted by atomic mass is 10.3. The van der Waals surface area contributed by atoms with Gasteiger partial charge in [0.1, 0.15) is 23.6 Å². The molecule has 0 radical (unpaired) electrons. The Bertz CT molecular complexity index is 790. The summed E-state index contributed by atoms with van der Waals surface area (Å²) in [6.07, 6.45) is 0.888. The molecular weight excluding hydrogens is 290 g/mol. The highest BCUT2D eigenvalue weighted by Crippen LogP contribution is 2.30. The van der Waals surface area contributed by atoms with E-state index in [9.17, 15) is 4.79 Å². The van der Waals surface area contributed by atoms with Gasteiger partial charge in [-0.2, -0.15) is 0 Å². The number of carbonyl (C=O) groups is 1. The van der Waals surface area contributed by atoms with Crippen LogP contribution in [0.5, 0.6) is 5.75 Å². The van der Waals surface area contributed by atoms with E-state index in [2.05, 4.69) is 11.9 Å². The molecule has 0 aliphatic rings. The van der Waals surface area contributed by atoms with E-state index in [0.29, 0.717) is 11.5 Å². The fourth-order valence-corrected chi connectivity index (χ4v) is 2.88. The highest BCUT2D eigenvalue weighted by Gasteiger charge is 2.11. The van der Waals surface area contributed by atoms with Crippen LogP contribution < -0.4 is 4.74 Å². The fraction of sp³-hybridized carbons (Fsp3) is 0.200. The van der Waals surface area contributed by atoms with E-state index in [1.807, 2.05) is 18.2 Å². The molecule has 0 amide bonds. The maximum absolute atomic E-state index is 10.8. The first-order valence-corrected chi connectivity index (χ1v) is 7.32. The summed E-state index contributed by atoms with van der Waals surface area (Å²) in [6, 6.07) is 8.79. The van der Waals surface area contributed by atoms with Gasteiger partial charge in [0.2, 0.25) is 5.76 Å². The molecule has 108 valence electrons. The third-order valence-electron chi connectivity index (χ3n) is 2.97. The van der Waals surface area contributed by atoms with Crippen LogP contribution in [0.1, 0.15) is 28.2 Å². The number of aromatic nitrogens is 1. The predicted molar refractivity (Wildman–Crippen MR) is 79.0 cm³/mol. The third-order valence-corrected chi connectivity index (χ3v) is 4.14. The number of nitrogens with zero attached hydrogens (tertiary/aromatic N) is 1. The normalized spacial score (nSPS) is 10.9. The Morgan fingerprint density at radius 2 is 2.24 bits per heavy atom. The van der Waals surface area contributed by atoms with Crippen LogP contribution in [0.25, 0.3) is 10.2 Å². The monoisotopic (exact) mass is 303 g/mol. The highest BCUT2D eigenvalue weighted by molar-refractivity contribution is 7.18. The number of fused-ring (bicyclic) bond motifs is 1. The lowest BCUT2D eigenvalue weighted by molar-refractivity contribution is 0.0658. The molecule has 2 aromatic heterocycles. The van der Waals surface area contributed by atoms with Crippen LogP contribution in [0.15, 0.2) is 34.7 Å². The lowest BCUT2D eigenvalue weighted by Gasteiger charge is -2.04. The van der Waals surface area contributed by atoms with Crippen LogP contribution in [0.4, 0.5) is 0 Å². The number of carboxylic acid groups (broad SMARTS) is 1. The first kappa shape index (κ1) is 13.6. The number of hydrogen-bond acceptors (Lipinski definition) is 5. The molecular formula is C15H13NO4S. The molecule has 1 aromatic carbocycles. The van der Waals surface area contributed by atoms with Crippen molar-refractivity contribution in [2.24, 2.45) is 0 Å². The van der Waals surface area contributed by atoms with E-state index in [1.165, 1.54) is 6.07 Å². The Morgan fingerprint density at radius 1 is 1.38 bits per heavy atom. The molecule has 5 nitrogen and oxygen atoms in total. The van der Waals surface area contributed by atoms with Gasteiger partial charge in [0, 0.05) is 0 Å². The Hall–Kier alpha value is -2.34. The number of ether oxygens (including phenoxy) is 1. The van der Waals surface area contributed by atoms with Gasteiger partial charge in [-0.1, -0.05) is 13.0 Å². The summed E-state index contributed by atoms with van der Waals surface area (Å²) in [6.45, 7) is 2.24. The molecule has 0 saturated carbocycles. The molecule has 0 aliphatic carbocycles. The van der Waals surface area contributed by atoms with Crippen LogP contribution in [0.3, 0.4) is 0 Å². The largest absolute Gasteiger partial charge is 0.483 e. The molecule has 3 aromatic rings. The SMILES string of the molecule is CCc1nc2c(OCc3ccc(C(=O)O)o3)cccc2s1. The minimum Gasteiger partial charge on any atom is -0.483 e. The number of carboxylic acids is 1. The van der Waals surface area contributed by atoms with Crippen molar-refractivity contribution >= 4 is 27.5 Å². The summed E-state index contributed by atoms with van der Waals surface area (Å²) in [4.78, 5) is 15.3. The van der Waals surface area contributed by atoms with Crippen molar-refractivity contribution in [2.75, 3.05) is 0 Å². The van der Waals surface area contributed by atoms with Crippen molar-refractivity contribution in [1.82, 2.24) is 4.98 Å². The molecule has 0 aliphatic heterocycles. The van der Waals surface area contributed by atoms with Gasteiger partial charge in [-0.25, -0.2) is 9.78 Å². The number of aryl methyl sites for hydroxylation is 1. The second kappa shape index (κ2) is 5.57. The number of furan rings is 1. The molecule has 1 N–H and O–H groups in total. The van der Waals surface area contributed by atoms with Crippen LogP contribution in [0, 0.1) is 0 Å². The number of aromatic carboxylic acids is 1. The summed E-state index contributed by atoms with van der Waals surface area (Å²) < 4.78 is 12.0. The van der Waals surface area contributed by atoms with Gasteiger partial charge in [-0.05, 0) is 30.7 Å². The predicted octanol–water partition coefficient (Wildman–Crippen LogP) is 3.73. The van der Waals surface area contributed by atoms with Crippen molar-refractivity contribution in [3.8, 4) is 5.75 Å². The number of hydrogen-bond donors (Lipinski definition) is 1. The zero-order valence-electron chi connectivity index (χ0n) is 11.3. The molecule has 0 saturated heterocycles. The van der Waals surface area contributed by atoms with Crippen LogP contribution >= 0.6 is 11.3 Å². The third kappa shape index (κ3) is 2.75. The average Bonchev–Trinajstić information content (AvgIpc) is 3.11. The second-order valence-corrected chi connectivity index (χ2v) is 5.54. The summed E-state index contributed by atoms with van der Waals surface area (Å²) in [5.74, 6) is -0.0313. The van der Waals surface area contributed by atoms with E-state index in [0.717, 1.165) is 21.6 Å². The van der Waals surface area contributed by atoms with E-state index in [1.54, 1.807) is 17.4 Å². The van der Waals surface area contributed by atoms with E-state index in [-0.39, 0.29) is 12.4 Å². The fourth-order valence-electron chi connectivity index (χ4n) is 1.96. The molecule has 3 rings (SSSR count). The van der Waals surface area contributed by atoms with Crippen molar-refractivity contribution in [1.29, 1.82) is 0 Å². The van der Waals surface area contributed by atoms with Crippen LogP contribution in [-0.4, -0.2) is 16.1 Å². The van der Waals surface area contributed by atoms with Gasteiger partial charge in [-0.15, -0.1) is 11.3 Å². The molecule has 0 fully saturated rings. The maximum Gasteiger partial charge on any atom is 0.371 e. The van der Waals surface area contributed by atoms with Gasteiger partial charge >= 0.3 is 5.97 Å². The summed E-state index contributed by atoms with van der Waals surface area (Å²) in [7, 11) is 0.